The van der Waals surface area contributed by atoms with Crippen LogP contribution in [0.3, 0.4) is 0 Å². The van der Waals surface area contributed by atoms with Crippen LogP contribution >= 0.6 is 11.6 Å². The second kappa shape index (κ2) is 10.1. The molecule has 2 atom stereocenters. The van der Waals surface area contributed by atoms with Crippen LogP contribution in [0.25, 0.3) is 10.9 Å². The van der Waals surface area contributed by atoms with Crippen molar-refractivity contribution in [3.8, 4) is 0 Å². The summed E-state index contributed by atoms with van der Waals surface area (Å²) in [7, 11) is 0. The molecule has 0 amide bonds. The first-order chi connectivity index (χ1) is 17.7. The van der Waals surface area contributed by atoms with Gasteiger partial charge in [-0.25, -0.2) is 4.98 Å². The Morgan fingerprint density at radius 2 is 1.78 bits per heavy atom. The summed E-state index contributed by atoms with van der Waals surface area (Å²) >= 11 is 6.27. The molecule has 1 aliphatic rings. The lowest BCUT2D eigenvalue weighted by molar-refractivity contribution is 0.240. The first-order valence-electron chi connectivity index (χ1n) is 13.0. The third kappa shape index (κ3) is 5.35. The highest BCUT2D eigenvalue weighted by Gasteiger charge is 2.44. The minimum Gasteiger partial charge on any atom is -0.294 e. The van der Waals surface area contributed by atoms with E-state index in [9.17, 15) is 4.79 Å². The van der Waals surface area contributed by atoms with Gasteiger partial charge in [-0.1, -0.05) is 73.1 Å². The van der Waals surface area contributed by atoms with Gasteiger partial charge in [-0.15, -0.1) is 0 Å². The van der Waals surface area contributed by atoms with E-state index in [0.29, 0.717) is 28.9 Å². The van der Waals surface area contributed by atoms with Crippen LogP contribution in [0.4, 0.5) is 0 Å². The molecule has 1 saturated heterocycles. The van der Waals surface area contributed by atoms with E-state index in [1.807, 2.05) is 34.9 Å². The summed E-state index contributed by atoms with van der Waals surface area (Å²) in [6.07, 6.45) is 1.53. The molecule has 1 aromatic heterocycles. The lowest BCUT2D eigenvalue weighted by atomic mass is 9.85. The zero-order valence-electron chi connectivity index (χ0n) is 22.0. The summed E-state index contributed by atoms with van der Waals surface area (Å²) in [5, 5.41) is 8.90. The molecule has 4 aromatic rings. The second-order valence-corrected chi connectivity index (χ2v) is 11.6. The molecule has 2 N–H and O–H groups in total. The summed E-state index contributed by atoms with van der Waals surface area (Å²) in [4.78, 5) is 18.6. The van der Waals surface area contributed by atoms with Crippen molar-refractivity contribution in [2.45, 2.75) is 58.3 Å². The number of halogens is 1. The maximum absolute atomic E-state index is 13.7. The van der Waals surface area contributed by atoms with E-state index in [1.54, 1.807) is 18.2 Å². The Morgan fingerprint density at radius 3 is 2.49 bits per heavy atom. The lowest BCUT2D eigenvalue weighted by Crippen LogP contribution is -2.51. The predicted molar refractivity (Wildman–Crippen MR) is 152 cm³/mol. The van der Waals surface area contributed by atoms with Crippen molar-refractivity contribution in [3.63, 3.8) is 0 Å². The fourth-order valence-electron chi connectivity index (χ4n) is 5.72. The van der Waals surface area contributed by atoms with Gasteiger partial charge in [0, 0.05) is 23.5 Å². The molecule has 192 valence electrons. The van der Waals surface area contributed by atoms with E-state index >= 15 is 0 Å². The second-order valence-electron chi connectivity index (χ2n) is 11.2. The molecule has 5 nitrogen and oxygen atoms in total. The van der Waals surface area contributed by atoms with Crippen molar-refractivity contribution in [2.75, 3.05) is 6.54 Å². The zero-order valence-corrected chi connectivity index (χ0v) is 22.8. The molecule has 3 aromatic carbocycles. The van der Waals surface area contributed by atoms with Crippen LogP contribution < -0.4 is 16.2 Å². The van der Waals surface area contributed by atoms with Gasteiger partial charge in [0.2, 0.25) is 0 Å². The van der Waals surface area contributed by atoms with Crippen LogP contribution in [0, 0.1) is 12.8 Å². The van der Waals surface area contributed by atoms with Gasteiger partial charge in [0.1, 0.15) is 5.82 Å². The maximum Gasteiger partial charge on any atom is 0.261 e. The standard InChI is InChI=1S/C31H35ClN4O/c1-21(18-31(33-20-30(3,4)35-31)26-13-9-8-10-22(26)2)16-28-34-27-17-24(32)14-15-25(27)29(37)36(28)19-23-11-6-5-7-12-23/h5-15,17,21,33,35H,16,18-20H2,1-4H3. The fourth-order valence-corrected chi connectivity index (χ4v) is 5.88. The molecule has 1 aliphatic heterocycles. The Kier molecular flexibility index (Phi) is 6.97. The minimum atomic E-state index is -0.348. The van der Waals surface area contributed by atoms with Gasteiger partial charge >= 0.3 is 0 Å². The minimum absolute atomic E-state index is 0.0282. The number of fused-ring (bicyclic) bond motifs is 1. The molecule has 2 heterocycles. The molecule has 2 unspecified atom stereocenters. The average molecular weight is 515 g/mol. The number of nitrogens with zero attached hydrogens (tertiary/aromatic N) is 2. The quantitative estimate of drug-likeness (QED) is 0.327. The van der Waals surface area contributed by atoms with Crippen molar-refractivity contribution >= 4 is 22.5 Å². The van der Waals surface area contributed by atoms with Gasteiger partial charge < -0.3 is 0 Å². The van der Waals surface area contributed by atoms with Gasteiger partial charge in [0.25, 0.3) is 5.56 Å². The molecule has 6 heteroatoms. The molecule has 0 saturated carbocycles. The van der Waals surface area contributed by atoms with Crippen molar-refractivity contribution in [2.24, 2.45) is 5.92 Å². The molecule has 0 aliphatic carbocycles. The van der Waals surface area contributed by atoms with Crippen molar-refractivity contribution in [3.05, 3.63) is 111 Å². The third-order valence-electron chi connectivity index (χ3n) is 7.35. The molecular formula is C31H35ClN4O. The number of rotatable bonds is 7. The highest BCUT2D eigenvalue weighted by Crippen LogP contribution is 2.35. The highest BCUT2D eigenvalue weighted by atomic mass is 35.5. The normalized spacial score (nSPS) is 19.8. The summed E-state index contributed by atoms with van der Waals surface area (Å²) in [5.41, 5.74) is 3.84. The van der Waals surface area contributed by atoms with E-state index in [-0.39, 0.29) is 22.7 Å². The van der Waals surface area contributed by atoms with Crippen molar-refractivity contribution < 1.29 is 0 Å². The Balaban J connectivity index is 1.53. The number of aromatic nitrogens is 2. The van der Waals surface area contributed by atoms with Gasteiger partial charge in [-0.2, -0.15) is 0 Å². The van der Waals surface area contributed by atoms with E-state index < -0.39 is 0 Å². The van der Waals surface area contributed by atoms with Crippen LogP contribution in [0.15, 0.2) is 77.6 Å². The summed E-state index contributed by atoms with van der Waals surface area (Å²) in [6.45, 7) is 10.2. The van der Waals surface area contributed by atoms with Crippen molar-refractivity contribution in [1.29, 1.82) is 0 Å². The van der Waals surface area contributed by atoms with Crippen molar-refractivity contribution in [1.82, 2.24) is 20.2 Å². The van der Waals surface area contributed by atoms with Gasteiger partial charge in [0.05, 0.1) is 23.1 Å². The highest BCUT2D eigenvalue weighted by molar-refractivity contribution is 6.31. The van der Waals surface area contributed by atoms with Gasteiger partial charge in [-0.3, -0.25) is 20.0 Å². The maximum atomic E-state index is 13.7. The van der Waals surface area contributed by atoms with Crippen LogP contribution in [0.5, 0.6) is 0 Å². The molecule has 0 bridgehead atoms. The molecule has 0 radical (unpaired) electrons. The van der Waals surface area contributed by atoms with Crippen LogP contribution in [-0.2, 0) is 18.6 Å². The molecule has 1 fully saturated rings. The first-order valence-corrected chi connectivity index (χ1v) is 13.4. The summed E-state index contributed by atoms with van der Waals surface area (Å²) in [6, 6.07) is 24.0. The Labute approximate surface area is 223 Å². The van der Waals surface area contributed by atoms with Crippen LogP contribution in [-0.4, -0.2) is 21.6 Å². The van der Waals surface area contributed by atoms with Gasteiger partial charge in [0.15, 0.2) is 0 Å². The molecule has 37 heavy (non-hydrogen) atoms. The average Bonchev–Trinajstić information content (AvgIpc) is 3.17. The van der Waals surface area contributed by atoms with E-state index in [1.165, 1.54) is 11.1 Å². The molecule has 0 spiro atoms. The predicted octanol–water partition coefficient (Wildman–Crippen LogP) is 5.80. The monoisotopic (exact) mass is 514 g/mol. The number of hydrogen-bond acceptors (Lipinski definition) is 4. The van der Waals surface area contributed by atoms with Crippen LogP contribution in [0.1, 0.15) is 49.7 Å². The number of aryl methyl sites for hydroxylation is 1. The first kappa shape index (κ1) is 25.7. The third-order valence-corrected chi connectivity index (χ3v) is 7.59. The Morgan fingerprint density at radius 1 is 1.05 bits per heavy atom. The number of benzene rings is 3. The lowest BCUT2D eigenvalue weighted by Gasteiger charge is -2.36. The Hall–Kier alpha value is -2.99. The SMILES string of the molecule is Cc1ccccc1C1(CC(C)Cc2nc3cc(Cl)ccc3c(=O)n2Cc2ccccc2)NCC(C)(C)N1. The molecular weight excluding hydrogens is 480 g/mol. The number of nitrogens with one attached hydrogen (secondary N) is 2. The van der Waals surface area contributed by atoms with E-state index in [0.717, 1.165) is 24.4 Å². The zero-order chi connectivity index (χ0) is 26.2. The van der Waals surface area contributed by atoms with Crippen LogP contribution in [0.2, 0.25) is 5.02 Å². The fraction of sp³-hybridized carbons (Fsp3) is 0.355. The topological polar surface area (TPSA) is 59.0 Å². The van der Waals surface area contributed by atoms with E-state index in [2.05, 4.69) is 62.6 Å². The smallest absolute Gasteiger partial charge is 0.261 e. The summed E-state index contributed by atoms with van der Waals surface area (Å²) in [5.74, 6) is 1.02. The number of hydrogen-bond donors (Lipinski definition) is 2. The summed E-state index contributed by atoms with van der Waals surface area (Å²) < 4.78 is 1.84. The largest absolute Gasteiger partial charge is 0.294 e. The van der Waals surface area contributed by atoms with E-state index in [4.69, 9.17) is 16.6 Å². The van der Waals surface area contributed by atoms with Gasteiger partial charge in [-0.05, 0) is 68.0 Å². The Bertz CT molecular complexity index is 1480. The molecule has 5 rings (SSSR count).